The van der Waals surface area contributed by atoms with E-state index in [4.69, 9.17) is 5.73 Å². The quantitative estimate of drug-likeness (QED) is 0.489. The minimum Gasteiger partial charge on any atom is -0.389 e. The smallest absolute Gasteiger partial charge is 0.151 e. The highest BCUT2D eigenvalue weighted by Gasteiger charge is 2.42. The summed E-state index contributed by atoms with van der Waals surface area (Å²) < 4.78 is 12.2. The highest BCUT2D eigenvalue weighted by Crippen LogP contribution is 2.33. The van der Waals surface area contributed by atoms with Crippen molar-refractivity contribution in [1.82, 2.24) is 20.3 Å². The molecule has 0 radical (unpaired) electrons. The number of hydrogen-bond acceptors (Lipinski definition) is 7. The maximum atomic E-state index is 12.2. The molecule has 22 heavy (non-hydrogen) atoms. The van der Waals surface area contributed by atoms with Crippen molar-refractivity contribution in [1.29, 1.82) is 0 Å². The minimum atomic E-state index is -0.967. The van der Waals surface area contributed by atoms with Crippen LogP contribution in [0.4, 0.5) is 10.2 Å². The van der Waals surface area contributed by atoms with E-state index in [2.05, 4.69) is 20.3 Å². The van der Waals surface area contributed by atoms with Gasteiger partial charge < -0.3 is 26.2 Å². The zero-order valence-corrected chi connectivity index (χ0v) is 12.6. The molecule has 7 nitrogen and oxygen atoms in total. The summed E-state index contributed by atoms with van der Waals surface area (Å²) >= 11 is 1.40. The number of nitrogen functional groups attached to an aromatic ring is 1. The second kappa shape index (κ2) is 6.37. The first kappa shape index (κ1) is 15.5. The lowest BCUT2D eigenvalue weighted by Gasteiger charge is -2.14. The highest BCUT2D eigenvalue weighted by atomic mass is 32.2. The van der Waals surface area contributed by atoms with Crippen LogP contribution in [0.15, 0.2) is 12.5 Å². The third-order valence-electron chi connectivity index (χ3n) is 3.87. The second-order valence-corrected chi connectivity index (χ2v) is 6.37. The van der Waals surface area contributed by atoms with Gasteiger partial charge in [0.25, 0.3) is 0 Å². The summed E-state index contributed by atoms with van der Waals surface area (Å²) in [4.78, 5) is 11.1. The molecule has 1 aliphatic heterocycles. The van der Waals surface area contributed by atoms with Gasteiger partial charge in [-0.15, -0.1) is 0 Å². The van der Waals surface area contributed by atoms with E-state index in [1.54, 1.807) is 6.20 Å². The molecule has 0 spiro atoms. The Hall–Kier alpha value is -1.42. The second-order valence-electron chi connectivity index (χ2n) is 5.22. The van der Waals surface area contributed by atoms with Crippen LogP contribution in [-0.4, -0.2) is 61.6 Å². The van der Waals surface area contributed by atoms with Gasteiger partial charge >= 0.3 is 0 Å². The number of aliphatic hydroxyl groups is 2. The number of H-pyrrole nitrogens is 1. The molecule has 1 fully saturated rings. The maximum Gasteiger partial charge on any atom is 0.151 e. The van der Waals surface area contributed by atoms with Crippen molar-refractivity contribution < 1.29 is 14.6 Å². The molecular weight excluding hydrogens is 309 g/mol. The normalized spacial score (nSPS) is 28.5. The molecule has 120 valence electrons. The number of aromatic amines is 1. The lowest BCUT2D eigenvalue weighted by molar-refractivity contribution is 0.0308. The van der Waals surface area contributed by atoms with Crippen LogP contribution in [0.5, 0.6) is 0 Å². The molecule has 2 aromatic rings. The number of anilines is 1. The Labute approximate surface area is 130 Å². The third-order valence-corrected chi connectivity index (χ3v) is 4.91. The fourth-order valence-corrected chi connectivity index (χ4v) is 3.59. The molecule has 6 N–H and O–H groups in total. The molecule has 1 aliphatic rings. The lowest BCUT2D eigenvalue weighted by Crippen LogP contribution is -2.35. The summed E-state index contributed by atoms with van der Waals surface area (Å²) in [6.07, 6.45) is 1.19. The number of hydrogen-bond donors (Lipinski definition) is 5. The number of nitrogens with zero attached hydrogens (tertiary/aromatic N) is 2. The van der Waals surface area contributed by atoms with Crippen LogP contribution in [0.2, 0.25) is 0 Å². The van der Waals surface area contributed by atoms with Crippen molar-refractivity contribution in [3.05, 3.63) is 18.1 Å². The fraction of sp³-hybridized carbons (Fsp3) is 0.538. The minimum absolute atomic E-state index is 0.305. The zero-order chi connectivity index (χ0) is 15.7. The van der Waals surface area contributed by atoms with Gasteiger partial charge in [0.2, 0.25) is 0 Å². The van der Waals surface area contributed by atoms with Crippen molar-refractivity contribution in [3.63, 3.8) is 0 Å². The molecule has 2 aromatic heterocycles. The number of thioether (sulfide) groups is 1. The van der Waals surface area contributed by atoms with Crippen LogP contribution in [0.25, 0.3) is 11.0 Å². The number of nitrogens with one attached hydrogen (secondary N) is 2. The molecular formula is C13H18FN5O2S. The molecule has 0 aliphatic carbocycles. The van der Waals surface area contributed by atoms with Crippen molar-refractivity contribution in [2.24, 2.45) is 0 Å². The van der Waals surface area contributed by atoms with Crippen molar-refractivity contribution in [3.8, 4) is 0 Å². The zero-order valence-electron chi connectivity index (χ0n) is 11.7. The Balaban J connectivity index is 1.83. The topological polar surface area (TPSA) is 120 Å². The SMILES string of the molecule is Nc1ncnc2c([C@@H]3N[C@H](CSCCF)[C@@H](O)[C@H]3O)c[nH]c12. The molecule has 0 aromatic carbocycles. The third kappa shape index (κ3) is 2.65. The highest BCUT2D eigenvalue weighted by molar-refractivity contribution is 7.99. The number of fused-ring (bicyclic) bond motifs is 1. The summed E-state index contributed by atoms with van der Waals surface area (Å²) in [5.41, 5.74) is 7.74. The van der Waals surface area contributed by atoms with Gasteiger partial charge in [-0.05, 0) is 0 Å². The standard InChI is InChI=1S/C13H18FN5O2S/c14-1-2-22-4-7-11(20)12(21)9(19-7)6-3-16-10-8(6)17-5-18-13(10)15/h3,5,7,9,11-12,16,19-21H,1-2,4H2,(H2,15,17,18)/t7-,9+,11-,12+/m1/s1. The van der Waals surface area contributed by atoms with E-state index in [-0.39, 0.29) is 6.04 Å². The first-order chi connectivity index (χ1) is 10.6. The average molecular weight is 327 g/mol. The Morgan fingerprint density at radius 3 is 2.91 bits per heavy atom. The van der Waals surface area contributed by atoms with Crippen LogP contribution in [-0.2, 0) is 0 Å². The summed E-state index contributed by atoms with van der Waals surface area (Å²) in [7, 11) is 0. The molecule has 0 unspecified atom stereocenters. The van der Waals surface area contributed by atoms with E-state index in [0.29, 0.717) is 28.4 Å². The number of alkyl halides is 1. The van der Waals surface area contributed by atoms with Gasteiger partial charge in [-0.2, -0.15) is 11.8 Å². The Kier molecular flexibility index (Phi) is 4.48. The Morgan fingerprint density at radius 1 is 1.32 bits per heavy atom. The van der Waals surface area contributed by atoms with Crippen LogP contribution in [0, 0.1) is 0 Å². The molecule has 0 amide bonds. The number of rotatable bonds is 5. The predicted molar refractivity (Wildman–Crippen MR) is 83.3 cm³/mol. The van der Waals surface area contributed by atoms with Gasteiger partial charge in [-0.25, -0.2) is 9.97 Å². The van der Waals surface area contributed by atoms with Crippen molar-refractivity contribution >= 4 is 28.6 Å². The first-order valence-electron chi connectivity index (χ1n) is 6.96. The molecule has 9 heteroatoms. The van der Waals surface area contributed by atoms with Crippen LogP contribution in [0.3, 0.4) is 0 Å². The van der Waals surface area contributed by atoms with Crippen LogP contribution >= 0.6 is 11.8 Å². The van der Waals surface area contributed by atoms with Gasteiger partial charge in [0.15, 0.2) is 5.82 Å². The van der Waals surface area contributed by atoms with E-state index in [1.807, 2.05) is 0 Å². The molecule has 1 saturated heterocycles. The monoisotopic (exact) mass is 327 g/mol. The van der Waals surface area contributed by atoms with Gasteiger partial charge in [-0.3, -0.25) is 4.39 Å². The van der Waals surface area contributed by atoms with Gasteiger partial charge in [0.1, 0.15) is 17.9 Å². The van der Waals surface area contributed by atoms with E-state index in [1.165, 1.54) is 18.1 Å². The van der Waals surface area contributed by atoms with Crippen molar-refractivity contribution in [2.45, 2.75) is 24.3 Å². The molecule has 0 bridgehead atoms. The number of aliphatic hydroxyl groups excluding tert-OH is 2. The van der Waals surface area contributed by atoms with E-state index < -0.39 is 24.9 Å². The predicted octanol–water partition coefficient (Wildman–Crippen LogP) is -0.0225. The first-order valence-corrected chi connectivity index (χ1v) is 8.12. The Bertz CT molecular complexity index is 654. The summed E-state index contributed by atoms with van der Waals surface area (Å²) in [6.45, 7) is -0.405. The van der Waals surface area contributed by atoms with Crippen LogP contribution < -0.4 is 11.1 Å². The molecule has 4 atom stereocenters. The fourth-order valence-electron chi connectivity index (χ4n) is 2.76. The summed E-state index contributed by atoms with van der Waals surface area (Å²) in [5, 5.41) is 23.7. The number of aromatic nitrogens is 3. The molecule has 3 rings (SSSR count). The number of nitrogens with two attached hydrogens (primary N) is 1. The van der Waals surface area contributed by atoms with Gasteiger partial charge in [-0.1, -0.05) is 0 Å². The van der Waals surface area contributed by atoms with E-state index >= 15 is 0 Å². The largest absolute Gasteiger partial charge is 0.389 e. The van der Waals surface area contributed by atoms with Gasteiger partial charge in [0, 0.05) is 29.3 Å². The average Bonchev–Trinajstić information content (AvgIpc) is 3.05. The lowest BCUT2D eigenvalue weighted by atomic mass is 10.0. The Morgan fingerprint density at radius 2 is 2.14 bits per heavy atom. The maximum absolute atomic E-state index is 12.2. The summed E-state index contributed by atoms with van der Waals surface area (Å²) in [6, 6.07) is -0.769. The van der Waals surface area contributed by atoms with Crippen LogP contribution in [0.1, 0.15) is 11.6 Å². The molecule has 0 saturated carbocycles. The van der Waals surface area contributed by atoms with Gasteiger partial charge in [0.05, 0.1) is 24.3 Å². The van der Waals surface area contributed by atoms with Crippen molar-refractivity contribution in [2.75, 3.05) is 23.9 Å². The number of halogens is 1. The molecule has 3 heterocycles. The summed E-state index contributed by atoms with van der Waals surface area (Å²) in [5.74, 6) is 1.24. The van der Waals surface area contributed by atoms with E-state index in [9.17, 15) is 14.6 Å². The van der Waals surface area contributed by atoms with E-state index in [0.717, 1.165) is 5.56 Å².